The Kier molecular flexibility index (Phi) is 5.87. The molecule has 0 aliphatic rings. The van der Waals surface area contributed by atoms with E-state index >= 15 is 0 Å². The number of nitrogens with one attached hydrogen (secondary N) is 2. The monoisotopic (exact) mass is 416 g/mol. The molecule has 1 amide bonds. The van der Waals surface area contributed by atoms with E-state index in [1.54, 1.807) is 48.5 Å². The number of ether oxygens (including phenoxy) is 1. The number of sulfonamides is 1. The number of carbonyl (C=O) groups excluding carboxylic acids is 1. The van der Waals surface area contributed by atoms with Gasteiger partial charge in [-0.1, -0.05) is 29.8 Å². The molecule has 2 N–H and O–H groups in total. The summed E-state index contributed by atoms with van der Waals surface area (Å²) in [4.78, 5) is 12.5. The van der Waals surface area contributed by atoms with Gasteiger partial charge in [-0.2, -0.15) is 0 Å². The van der Waals surface area contributed by atoms with Gasteiger partial charge < -0.3 is 10.1 Å². The summed E-state index contributed by atoms with van der Waals surface area (Å²) < 4.78 is 32.4. The second-order valence-corrected chi connectivity index (χ2v) is 7.89. The van der Waals surface area contributed by atoms with Crippen molar-refractivity contribution in [3.8, 4) is 5.75 Å². The molecule has 8 heteroatoms. The summed E-state index contributed by atoms with van der Waals surface area (Å²) in [5, 5.41) is 2.94. The summed E-state index contributed by atoms with van der Waals surface area (Å²) in [5.41, 5.74) is 1.19. The van der Waals surface area contributed by atoms with Crippen molar-refractivity contribution in [2.75, 3.05) is 17.1 Å². The van der Waals surface area contributed by atoms with Crippen LogP contribution in [0, 0.1) is 0 Å². The van der Waals surface area contributed by atoms with E-state index in [-0.39, 0.29) is 15.5 Å². The molecule has 3 aromatic rings. The van der Waals surface area contributed by atoms with E-state index < -0.39 is 15.9 Å². The van der Waals surface area contributed by atoms with Gasteiger partial charge in [0, 0.05) is 11.4 Å². The van der Waals surface area contributed by atoms with Crippen LogP contribution in [-0.4, -0.2) is 21.4 Å². The van der Waals surface area contributed by atoms with Crippen LogP contribution < -0.4 is 14.8 Å². The lowest BCUT2D eigenvalue weighted by Gasteiger charge is -2.10. The minimum absolute atomic E-state index is 0.0804. The number of carbonyl (C=O) groups is 1. The molecule has 3 rings (SSSR count). The molecule has 0 aliphatic heterocycles. The molecule has 0 saturated heterocycles. The molecule has 0 bridgehead atoms. The van der Waals surface area contributed by atoms with Crippen molar-refractivity contribution in [2.45, 2.75) is 4.90 Å². The first-order chi connectivity index (χ1) is 13.4. The van der Waals surface area contributed by atoms with Crippen LogP contribution >= 0.6 is 11.6 Å². The Balaban J connectivity index is 1.73. The van der Waals surface area contributed by atoms with Crippen molar-refractivity contribution in [3.05, 3.63) is 83.4 Å². The molecule has 0 heterocycles. The van der Waals surface area contributed by atoms with E-state index in [2.05, 4.69) is 10.0 Å². The Labute approximate surface area is 168 Å². The molecule has 0 fully saturated rings. The summed E-state index contributed by atoms with van der Waals surface area (Å²) in [5.74, 6) is 0.132. The zero-order valence-corrected chi connectivity index (χ0v) is 16.4. The normalized spacial score (nSPS) is 10.9. The van der Waals surface area contributed by atoms with Crippen LogP contribution in [0.25, 0.3) is 0 Å². The third kappa shape index (κ3) is 4.62. The second-order valence-electron chi connectivity index (χ2n) is 5.80. The minimum Gasteiger partial charge on any atom is -0.497 e. The molecule has 0 atom stereocenters. The number of hydrogen-bond donors (Lipinski definition) is 2. The number of methoxy groups -OCH3 is 1. The predicted octanol–water partition coefficient (Wildman–Crippen LogP) is 4.40. The van der Waals surface area contributed by atoms with E-state index in [0.717, 1.165) is 0 Å². The molecule has 0 radical (unpaired) electrons. The first-order valence-electron chi connectivity index (χ1n) is 8.22. The van der Waals surface area contributed by atoms with E-state index in [4.69, 9.17) is 16.3 Å². The lowest BCUT2D eigenvalue weighted by molar-refractivity contribution is 0.102. The van der Waals surface area contributed by atoms with Gasteiger partial charge in [-0.25, -0.2) is 8.42 Å². The molecule has 0 unspecified atom stereocenters. The quantitative estimate of drug-likeness (QED) is 0.623. The Morgan fingerprint density at radius 1 is 0.929 bits per heavy atom. The van der Waals surface area contributed by atoms with Gasteiger partial charge in [0.1, 0.15) is 5.75 Å². The fourth-order valence-electron chi connectivity index (χ4n) is 2.44. The predicted molar refractivity (Wildman–Crippen MR) is 110 cm³/mol. The van der Waals surface area contributed by atoms with Gasteiger partial charge in [0.05, 0.1) is 22.6 Å². The smallest absolute Gasteiger partial charge is 0.261 e. The first-order valence-corrected chi connectivity index (χ1v) is 10.1. The zero-order chi connectivity index (χ0) is 20.1. The summed E-state index contributed by atoms with van der Waals surface area (Å²) in [6, 6.07) is 19.2. The standard InChI is InChI=1S/C20H17ClN2O4S/c1-27-16-9-12-18(19(21)13-16)20(24)22-14-7-10-17(11-8-14)28(25,26)23-15-5-3-2-4-6-15/h2-13,23H,1H3,(H,22,24). The van der Waals surface area contributed by atoms with Crippen molar-refractivity contribution < 1.29 is 17.9 Å². The van der Waals surface area contributed by atoms with Crippen LogP contribution in [-0.2, 0) is 10.0 Å². The van der Waals surface area contributed by atoms with Crippen molar-refractivity contribution >= 4 is 38.9 Å². The molecule has 0 aromatic heterocycles. The van der Waals surface area contributed by atoms with Crippen LogP contribution in [0.1, 0.15) is 10.4 Å². The maximum absolute atomic E-state index is 12.4. The fourth-order valence-corrected chi connectivity index (χ4v) is 3.76. The minimum atomic E-state index is -3.72. The van der Waals surface area contributed by atoms with E-state index in [1.165, 1.54) is 31.4 Å². The molecule has 0 spiro atoms. The molecule has 0 aliphatic carbocycles. The SMILES string of the molecule is COc1ccc(C(=O)Nc2ccc(S(=O)(=O)Nc3ccccc3)cc2)c(Cl)c1. The van der Waals surface area contributed by atoms with Gasteiger partial charge in [-0.15, -0.1) is 0 Å². The number of rotatable bonds is 6. The molecule has 144 valence electrons. The lowest BCUT2D eigenvalue weighted by Crippen LogP contribution is -2.14. The molecular weight excluding hydrogens is 400 g/mol. The summed E-state index contributed by atoms with van der Waals surface area (Å²) in [6.07, 6.45) is 0. The summed E-state index contributed by atoms with van der Waals surface area (Å²) in [7, 11) is -2.22. The number of hydrogen-bond acceptors (Lipinski definition) is 4. The number of anilines is 2. The Morgan fingerprint density at radius 3 is 2.21 bits per heavy atom. The van der Waals surface area contributed by atoms with Gasteiger partial charge in [-0.3, -0.25) is 9.52 Å². The average molecular weight is 417 g/mol. The van der Waals surface area contributed by atoms with Crippen LogP contribution in [0.4, 0.5) is 11.4 Å². The van der Waals surface area contributed by atoms with Crippen molar-refractivity contribution in [1.29, 1.82) is 0 Å². The van der Waals surface area contributed by atoms with Gasteiger partial charge in [0.2, 0.25) is 0 Å². The van der Waals surface area contributed by atoms with Crippen molar-refractivity contribution in [1.82, 2.24) is 0 Å². The fraction of sp³-hybridized carbons (Fsp3) is 0.0500. The van der Waals surface area contributed by atoms with E-state index in [0.29, 0.717) is 17.1 Å². The highest BCUT2D eigenvalue weighted by Crippen LogP contribution is 2.24. The number of para-hydroxylation sites is 1. The first kappa shape index (κ1) is 19.7. The Bertz CT molecular complexity index is 1080. The molecule has 3 aromatic carbocycles. The number of halogens is 1. The average Bonchev–Trinajstić information content (AvgIpc) is 2.68. The number of benzene rings is 3. The molecule has 6 nitrogen and oxygen atoms in total. The van der Waals surface area contributed by atoms with Crippen molar-refractivity contribution in [3.63, 3.8) is 0 Å². The van der Waals surface area contributed by atoms with Gasteiger partial charge in [0.15, 0.2) is 0 Å². The van der Waals surface area contributed by atoms with Gasteiger partial charge in [-0.05, 0) is 54.6 Å². The van der Waals surface area contributed by atoms with Crippen LogP contribution in [0.3, 0.4) is 0 Å². The zero-order valence-electron chi connectivity index (χ0n) is 14.8. The molecule has 28 heavy (non-hydrogen) atoms. The topological polar surface area (TPSA) is 84.5 Å². The Hall–Kier alpha value is -3.03. The van der Waals surface area contributed by atoms with Gasteiger partial charge >= 0.3 is 0 Å². The maximum atomic E-state index is 12.4. The molecule has 0 saturated carbocycles. The van der Waals surface area contributed by atoms with Crippen LogP contribution in [0.15, 0.2) is 77.7 Å². The van der Waals surface area contributed by atoms with Crippen LogP contribution in [0.2, 0.25) is 5.02 Å². The second kappa shape index (κ2) is 8.33. The van der Waals surface area contributed by atoms with Crippen molar-refractivity contribution in [2.24, 2.45) is 0 Å². The van der Waals surface area contributed by atoms with E-state index in [1.807, 2.05) is 0 Å². The summed E-state index contributed by atoms with van der Waals surface area (Å²) in [6.45, 7) is 0. The maximum Gasteiger partial charge on any atom is 0.261 e. The lowest BCUT2D eigenvalue weighted by atomic mass is 10.2. The largest absolute Gasteiger partial charge is 0.497 e. The summed E-state index contributed by atoms with van der Waals surface area (Å²) >= 11 is 6.10. The highest BCUT2D eigenvalue weighted by atomic mass is 35.5. The highest BCUT2D eigenvalue weighted by molar-refractivity contribution is 7.92. The number of amides is 1. The highest BCUT2D eigenvalue weighted by Gasteiger charge is 2.15. The van der Waals surface area contributed by atoms with Gasteiger partial charge in [0.25, 0.3) is 15.9 Å². The third-order valence-electron chi connectivity index (χ3n) is 3.87. The van der Waals surface area contributed by atoms with Crippen LogP contribution in [0.5, 0.6) is 5.75 Å². The Morgan fingerprint density at radius 2 is 1.61 bits per heavy atom. The third-order valence-corrected chi connectivity index (χ3v) is 5.58. The molecular formula is C20H17ClN2O4S. The van der Waals surface area contributed by atoms with E-state index in [9.17, 15) is 13.2 Å².